The third kappa shape index (κ3) is 4.45. The molecule has 0 radical (unpaired) electrons. The van der Waals surface area contributed by atoms with E-state index in [0.29, 0.717) is 38.3 Å². The molecule has 2 unspecified atom stereocenters. The summed E-state index contributed by atoms with van der Waals surface area (Å²) in [6.45, 7) is 4.02. The van der Waals surface area contributed by atoms with Crippen LogP contribution in [-0.2, 0) is 9.59 Å². The average Bonchev–Trinajstić information content (AvgIpc) is 3.20. The first kappa shape index (κ1) is 21.0. The summed E-state index contributed by atoms with van der Waals surface area (Å²) in [6.07, 6.45) is 0.221. The number of hydrogen-bond acceptors (Lipinski definition) is 3. The number of carbonyl (C=O) groups excluding carboxylic acids is 3. The molecular formula is C24H26FN3O3. The van der Waals surface area contributed by atoms with Gasteiger partial charge in [0.1, 0.15) is 5.82 Å². The summed E-state index contributed by atoms with van der Waals surface area (Å²) in [7, 11) is 0. The van der Waals surface area contributed by atoms with Gasteiger partial charge in [0, 0.05) is 44.7 Å². The topological polar surface area (TPSA) is 60.9 Å². The van der Waals surface area contributed by atoms with Gasteiger partial charge >= 0.3 is 0 Å². The number of carbonyl (C=O) groups is 3. The van der Waals surface area contributed by atoms with E-state index in [0.717, 1.165) is 5.56 Å². The minimum absolute atomic E-state index is 0.00498. The Morgan fingerprint density at radius 1 is 0.968 bits per heavy atom. The summed E-state index contributed by atoms with van der Waals surface area (Å²) in [5.74, 6) is -1.07. The monoisotopic (exact) mass is 423 g/mol. The molecule has 0 N–H and O–H groups in total. The molecule has 162 valence electrons. The van der Waals surface area contributed by atoms with Crippen LogP contribution in [0.15, 0.2) is 54.6 Å². The fourth-order valence-corrected chi connectivity index (χ4v) is 4.38. The minimum atomic E-state index is -0.445. The van der Waals surface area contributed by atoms with Gasteiger partial charge in [0.25, 0.3) is 5.91 Å². The molecule has 0 saturated carbocycles. The molecular weight excluding hydrogens is 397 g/mol. The van der Waals surface area contributed by atoms with Gasteiger partial charge in [0.15, 0.2) is 0 Å². The van der Waals surface area contributed by atoms with Gasteiger partial charge in [-0.15, -0.1) is 0 Å². The van der Waals surface area contributed by atoms with E-state index in [2.05, 4.69) is 0 Å². The molecule has 2 aromatic rings. The molecule has 0 aromatic heterocycles. The molecule has 2 heterocycles. The number of likely N-dealkylation sites (tertiary alicyclic amines) is 1. The second-order valence-electron chi connectivity index (χ2n) is 8.16. The Kier molecular flexibility index (Phi) is 6.02. The minimum Gasteiger partial charge on any atom is -0.339 e. The van der Waals surface area contributed by atoms with Crippen LogP contribution < -0.4 is 0 Å². The highest BCUT2D eigenvalue weighted by Crippen LogP contribution is 2.29. The first-order chi connectivity index (χ1) is 14.9. The molecule has 2 atom stereocenters. The summed E-state index contributed by atoms with van der Waals surface area (Å²) in [4.78, 5) is 43.4. The Bertz CT molecular complexity index is 973. The van der Waals surface area contributed by atoms with Gasteiger partial charge in [-0.1, -0.05) is 36.4 Å². The average molecular weight is 423 g/mol. The Labute approximate surface area is 181 Å². The van der Waals surface area contributed by atoms with E-state index >= 15 is 0 Å². The van der Waals surface area contributed by atoms with Crippen LogP contribution in [0.5, 0.6) is 0 Å². The second-order valence-corrected chi connectivity index (χ2v) is 8.16. The van der Waals surface area contributed by atoms with Crippen molar-refractivity contribution in [2.75, 3.05) is 32.7 Å². The lowest BCUT2D eigenvalue weighted by atomic mass is 10.1. The number of piperazine rings is 1. The van der Waals surface area contributed by atoms with Crippen LogP contribution in [0.3, 0.4) is 0 Å². The highest BCUT2D eigenvalue weighted by atomic mass is 19.1. The van der Waals surface area contributed by atoms with E-state index in [1.54, 1.807) is 20.8 Å². The third-order valence-electron chi connectivity index (χ3n) is 6.21. The van der Waals surface area contributed by atoms with E-state index in [-0.39, 0.29) is 36.1 Å². The maximum atomic E-state index is 13.4. The van der Waals surface area contributed by atoms with Crippen LogP contribution in [-0.4, -0.2) is 65.1 Å². The standard InChI is InChI=1S/C24H26FN3O3/c1-17(18-6-3-2-4-7-18)28-16-20(15-22(28)29)24(31)27-12-10-26(11-13-27)23(30)19-8-5-9-21(25)14-19/h2-9,14,17,20H,10-13,15-16H2,1H3. The van der Waals surface area contributed by atoms with Crippen molar-refractivity contribution in [3.05, 3.63) is 71.5 Å². The lowest BCUT2D eigenvalue weighted by molar-refractivity contribution is -0.137. The quantitative estimate of drug-likeness (QED) is 0.760. The fourth-order valence-electron chi connectivity index (χ4n) is 4.38. The zero-order valence-corrected chi connectivity index (χ0v) is 17.5. The van der Waals surface area contributed by atoms with Crippen LogP contribution >= 0.6 is 0 Å². The van der Waals surface area contributed by atoms with Crippen molar-refractivity contribution in [3.8, 4) is 0 Å². The van der Waals surface area contributed by atoms with E-state index in [4.69, 9.17) is 0 Å². The SMILES string of the molecule is CC(c1ccccc1)N1CC(C(=O)N2CCN(C(=O)c3cccc(F)c3)CC2)CC1=O. The van der Waals surface area contributed by atoms with Gasteiger partial charge in [-0.3, -0.25) is 14.4 Å². The van der Waals surface area contributed by atoms with Crippen LogP contribution in [0.2, 0.25) is 0 Å². The molecule has 7 heteroatoms. The van der Waals surface area contributed by atoms with E-state index in [1.807, 2.05) is 37.3 Å². The van der Waals surface area contributed by atoms with Gasteiger partial charge in [-0.05, 0) is 30.7 Å². The van der Waals surface area contributed by atoms with Gasteiger partial charge < -0.3 is 14.7 Å². The lowest BCUT2D eigenvalue weighted by Gasteiger charge is -2.36. The summed E-state index contributed by atoms with van der Waals surface area (Å²) in [5, 5.41) is 0. The Balaban J connectivity index is 1.34. The smallest absolute Gasteiger partial charge is 0.254 e. The molecule has 4 rings (SSSR count). The Hall–Kier alpha value is -3.22. The summed E-state index contributed by atoms with van der Waals surface area (Å²) in [6, 6.07) is 15.4. The maximum absolute atomic E-state index is 13.4. The van der Waals surface area contributed by atoms with E-state index in [1.165, 1.54) is 18.2 Å². The van der Waals surface area contributed by atoms with Crippen molar-refractivity contribution in [2.24, 2.45) is 5.92 Å². The van der Waals surface area contributed by atoms with Crippen molar-refractivity contribution in [2.45, 2.75) is 19.4 Å². The molecule has 6 nitrogen and oxygen atoms in total. The molecule has 2 aliphatic rings. The van der Waals surface area contributed by atoms with E-state index in [9.17, 15) is 18.8 Å². The number of hydrogen-bond donors (Lipinski definition) is 0. The number of rotatable bonds is 4. The summed E-state index contributed by atoms with van der Waals surface area (Å²) < 4.78 is 13.4. The third-order valence-corrected chi connectivity index (χ3v) is 6.21. The molecule has 3 amide bonds. The fraction of sp³-hybridized carbons (Fsp3) is 0.375. The van der Waals surface area contributed by atoms with Crippen molar-refractivity contribution in [3.63, 3.8) is 0 Å². The molecule has 2 aromatic carbocycles. The first-order valence-corrected chi connectivity index (χ1v) is 10.6. The predicted octanol–water partition coefficient (Wildman–Crippen LogP) is 2.72. The molecule has 2 fully saturated rings. The first-order valence-electron chi connectivity index (χ1n) is 10.6. The number of nitrogens with zero attached hydrogens (tertiary/aromatic N) is 3. The largest absolute Gasteiger partial charge is 0.339 e. The molecule has 0 bridgehead atoms. The van der Waals surface area contributed by atoms with Gasteiger partial charge in [0.2, 0.25) is 11.8 Å². The molecule has 2 saturated heterocycles. The van der Waals surface area contributed by atoms with Crippen molar-refractivity contribution in [1.82, 2.24) is 14.7 Å². The van der Waals surface area contributed by atoms with Crippen molar-refractivity contribution < 1.29 is 18.8 Å². The normalized spacial score (nSPS) is 20.1. The zero-order chi connectivity index (χ0) is 22.0. The van der Waals surface area contributed by atoms with Crippen molar-refractivity contribution in [1.29, 1.82) is 0 Å². The highest BCUT2D eigenvalue weighted by molar-refractivity contribution is 5.94. The van der Waals surface area contributed by atoms with Gasteiger partial charge in [-0.2, -0.15) is 0 Å². The van der Waals surface area contributed by atoms with E-state index < -0.39 is 5.82 Å². The van der Waals surface area contributed by atoms with Crippen LogP contribution in [0.4, 0.5) is 4.39 Å². The Morgan fingerprint density at radius 3 is 2.32 bits per heavy atom. The maximum Gasteiger partial charge on any atom is 0.254 e. The highest BCUT2D eigenvalue weighted by Gasteiger charge is 2.39. The number of amides is 3. The van der Waals surface area contributed by atoms with Crippen LogP contribution in [0.25, 0.3) is 0 Å². The number of benzene rings is 2. The second kappa shape index (κ2) is 8.88. The Morgan fingerprint density at radius 2 is 1.65 bits per heavy atom. The number of halogens is 1. The predicted molar refractivity (Wildman–Crippen MR) is 114 cm³/mol. The van der Waals surface area contributed by atoms with Gasteiger partial charge in [0.05, 0.1) is 12.0 Å². The molecule has 0 spiro atoms. The van der Waals surface area contributed by atoms with Crippen LogP contribution in [0, 0.1) is 11.7 Å². The van der Waals surface area contributed by atoms with Gasteiger partial charge in [-0.25, -0.2) is 4.39 Å². The zero-order valence-electron chi connectivity index (χ0n) is 17.5. The lowest BCUT2D eigenvalue weighted by Crippen LogP contribution is -2.52. The summed E-state index contributed by atoms with van der Waals surface area (Å²) >= 11 is 0. The van der Waals surface area contributed by atoms with Crippen molar-refractivity contribution >= 4 is 17.7 Å². The van der Waals surface area contributed by atoms with Crippen LogP contribution in [0.1, 0.15) is 35.3 Å². The molecule has 31 heavy (non-hydrogen) atoms. The molecule has 2 aliphatic heterocycles. The summed E-state index contributed by atoms with van der Waals surface area (Å²) in [5.41, 5.74) is 1.36. The molecule has 0 aliphatic carbocycles.